The lowest BCUT2D eigenvalue weighted by molar-refractivity contribution is 0.239. The highest BCUT2D eigenvalue weighted by molar-refractivity contribution is 5.34. The van der Waals surface area contributed by atoms with Gasteiger partial charge < -0.3 is 0 Å². The van der Waals surface area contributed by atoms with Gasteiger partial charge in [0.25, 0.3) is 0 Å². The summed E-state index contributed by atoms with van der Waals surface area (Å²) >= 11 is 0. The van der Waals surface area contributed by atoms with Gasteiger partial charge >= 0.3 is 0 Å². The molecule has 0 N–H and O–H groups in total. The first-order valence-corrected chi connectivity index (χ1v) is 6.70. The second kappa shape index (κ2) is 6.51. The van der Waals surface area contributed by atoms with Crippen molar-refractivity contribution >= 4 is 0 Å². The standard InChI is InChI=1S/C15H19FN2/c16-15-7-6-13(10-14(15)11-17)12-18-8-4-2-1-3-5-9-18/h6-7,10H,1-5,8-9,12H2. The van der Waals surface area contributed by atoms with Crippen LogP contribution in [0.2, 0.25) is 0 Å². The molecule has 1 saturated heterocycles. The number of benzene rings is 1. The first kappa shape index (κ1) is 13.0. The van der Waals surface area contributed by atoms with Crippen LogP contribution < -0.4 is 0 Å². The van der Waals surface area contributed by atoms with Crippen molar-refractivity contribution in [2.45, 2.75) is 38.6 Å². The number of hydrogen-bond acceptors (Lipinski definition) is 2. The molecule has 0 radical (unpaired) electrons. The van der Waals surface area contributed by atoms with Crippen LogP contribution in [0.1, 0.15) is 43.2 Å². The fourth-order valence-electron chi connectivity index (χ4n) is 2.49. The number of likely N-dealkylation sites (tertiary alicyclic amines) is 1. The molecule has 1 aliphatic heterocycles. The van der Waals surface area contributed by atoms with Crippen LogP contribution >= 0.6 is 0 Å². The van der Waals surface area contributed by atoms with Crippen LogP contribution in [0.15, 0.2) is 18.2 Å². The van der Waals surface area contributed by atoms with E-state index in [0.29, 0.717) is 0 Å². The Labute approximate surface area is 108 Å². The van der Waals surface area contributed by atoms with Gasteiger partial charge in [0, 0.05) is 6.54 Å². The maximum absolute atomic E-state index is 13.2. The number of nitriles is 1. The molecule has 0 saturated carbocycles. The molecular formula is C15H19FN2. The van der Waals surface area contributed by atoms with Gasteiger partial charge in [-0.05, 0) is 43.6 Å². The van der Waals surface area contributed by atoms with E-state index < -0.39 is 5.82 Å². The molecule has 1 fully saturated rings. The Bertz CT molecular complexity index is 429. The summed E-state index contributed by atoms with van der Waals surface area (Å²) in [6, 6.07) is 6.76. The molecule has 0 aromatic heterocycles. The topological polar surface area (TPSA) is 27.0 Å². The van der Waals surface area contributed by atoms with Crippen LogP contribution in [0.4, 0.5) is 4.39 Å². The summed E-state index contributed by atoms with van der Waals surface area (Å²) in [6.07, 6.45) is 6.45. The van der Waals surface area contributed by atoms with Crippen LogP contribution in [-0.4, -0.2) is 18.0 Å². The van der Waals surface area contributed by atoms with Crippen molar-refractivity contribution < 1.29 is 4.39 Å². The van der Waals surface area contributed by atoms with E-state index in [0.717, 1.165) is 25.2 Å². The molecule has 0 aliphatic carbocycles. The smallest absolute Gasteiger partial charge is 0.140 e. The average molecular weight is 246 g/mol. The molecule has 0 amide bonds. The molecule has 1 aliphatic rings. The monoisotopic (exact) mass is 246 g/mol. The highest BCUT2D eigenvalue weighted by atomic mass is 19.1. The Hall–Kier alpha value is -1.40. The van der Waals surface area contributed by atoms with E-state index in [1.165, 1.54) is 38.2 Å². The zero-order chi connectivity index (χ0) is 12.8. The Balaban J connectivity index is 2.01. The van der Waals surface area contributed by atoms with Gasteiger partial charge in [-0.2, -0.15) is 5.26 Å². The molecule has 96 valence electrons. The van der Waals surface area contributed by atoms with Crippen molar-refractivity contribution in [2.24, 2.45) is 0 Å². The summed E-state index contributed by atoms with van der Waals surface area (Å²) in [4.78, 5) is 2.41. The zero-order valence-corrected chi connectivity index (χ0v) is 10.7. The molecule has 0 unspecified atom stereocenters. The van der Waals surface area contributed by atoms with Crippen LogP contribution in [-0.2, 0) is 6.54 Å². The van der Waals surface area contributed by atoms with Gasteiger partial charge in [0.15, 0.2) is 0 Å². The van der Waals surface area contributed by atoms with Crippen molar-refractivity contribution in [3.63, 3.8) is 0 Å². The minimum Gasteiger partial charge on any atom is -0.299 e. The average Bonchev–Trinajstić information content (AvgIpc) is 2.34. The van der Waals surface area contributed by atoms with Crippen LogP contribution in [0, 0.1) is 17.1 Å². The van der Waals surface area contributed by atoms with Gasteiger partial charge in [0.1, 0.15) is 11.9 Å². The SMILES string of the molecule is N#Cc1cc(CN2CCCCCCC2)ccc1F. The van der Waals surface area contributed by atoms with E-state index in [1.807, 2.05) is 6.07 Å². The second-order valence-electron chi connectivity index (χ2n) is 4.97. The van der Waals surface area contributed by atoms with Gasteiger partial charge in [-0.3, -0.25) is 4.90 Å². The highest BCUT2D eigenvalue weighted by Gasteiger charge is 2.10. The molecule has 3 heteroatoms. The molecule has 0 atom stereocenters. The zero-order valence-electron chi connectivity index (χ0n) is 10.7. The fraction of sp³-hybridized carbons (Fsp3) is 0.533. The Morgan fingerprint density at radius 3 is 2.44 bits per heavy atom. The summed E-state index contributed by atoms with van der Waals surface area (Å²) in [5.41, 5.74) is 1.19. The number of rotatable bonds is 2. The number of hydrogen-bond donors (Lipinski definition) is 0. The fourth-order valence-corrected chi connectivity index (χ4v) is 2.49. The van der Waals surface area contributed by atoms with E-state index >= 15 is 0 Å². The molecule has 2 rings (SSSR count). The van der Waals surface area contributed by atoms with E-state index in [2.05, 4.69) is 4.90 Å². The maximum atomic E-state index is 13.2. The lowest BCUT2D eigenvalue weighted by Gasteiger charge is -2.24. The van der Waals surface area contributed by atoms with Crippen LogP contribution in [0.25, 0.3) is 0 Å². The molecule has 1 aromatic rings. The minimum atomic E-state index is -0.422. The summed E-state index contributed by atoms with van der Waals surface area (Å²) in [7, 11) is 0. The quantitative estimate of drug-likeness (QED) is 0.799. The van der Waals surface area contributed by atoms with Gasteiger partial charge in [-0.25, -0.2) is 4.39 Å². The molecular weight excluding hydrogens is 227 g/mol. The van der Waals surface area contributed by atoms with Crippen molar-refractivity contribution in [1.29, 1.82) is 5.26 Å². The Morgan fingerprint density at radius 2 is 1.78 bits per heavy atom. The Kier molecular flexibility index (Phi) is 4.72. The first-order chi connectivity index (χ1) is 8.79. The third-order valence-electron chi connectivity index (χ3n) is 3.51. The molecule has 18 heavy (non-hydrogen) atoms. The summed E-state index contributed by atoms with van der Waals surface area (Å²) in [6.45, 7) is 3.05. The third-order valence-corrected chi connectivity index (χ3v) is 3.51. The van der Waals surface area contributed by atoms with Crippen molar-refractivity contribution in [2.75, 3.05) is 13.1 Å². The van der Waals surface area contributed by atoms with Crippen LogP contribution in [0.3, 0.4) is 0 Å². The van der Waals surface area contributed by atoms with Gasteiger partial charge in [0.05, 0.1) is 5.56 Å². The van der Waals surface area contributed by atoms with Crippen molar-refractivity contribution in [1.82, 2.24) is 4.90 Å². The highest BCUT2D eigenvalue weighted by Crippen LogP contribution is 2.15. The van der Waals surface area contributed by atoms with E-state index in [9.17, 15) is 4.39 Å². The molecule has 0 spiro atoms. The Morgan fingerprint density at radius 1 is 1.11 bits per heavy atom. The molecule has 1 aromatic carbocycles. The lowest BCUT2D eigenvalue weighted by atomic mass is 10.1. The maximum Gasteiger partial charge on any atom is 0.140 e. The molecule has 0 bridgehead atoms. The lowest BCUT2D eigenvalue weighted by Crippen LogP contribution is -2.26. The predicted octanol–water partition coefficient (Wildman–Crippen LogP) is 3.46. The van der Waals surface area contributed by atoms with E-state index in [1.54, 1.807) is 12.1 Å². The number of halogens is 1. The minimum absolute atomic E-state index is 0.152. The van der Waals surface area contributed by atoms with Crippen molar-refractivity contribution in [3.8, 4) is 6.07 Å². The number of nitrogens with zero attached hydrogens (tertiary/aromatic N) is 2. The largest absolute Gasteiger partial charge is 0.299 e. The molecule has 1 heterocycles. The summed E-state index contributed by atoms with van der Waals surface area (Å²) in [5.74, 6) is -0.422. The first-order valence-electron chi connectivity index (χ1n) is 6.70. The van der Waals surface area contributed by atoms with Crippen molar-refractivity contribution in [3.05, 3.63) is 35.1 Å². The second-order valence-corrected chi connectivity index (χ2v) is 4.97. The summed E-state index contributed by atoms with van der Waals surface area (Å²) < 4.78 is 13.2. The molecule has 2 nitrogen and oxygen atoms in total. The van der Waals surface area contributed by atoms with Gasteiger partial charge in [0.2, 0.25) is 0 Å². The predicted molar refractivity (Wildman–Crippen MR) is 69.5 cm³/mol. The van der Waals surface area contributed by atoms with Gasteiger partial charge in [-0.15, -0.1) is 0 Å². The summed E-state index contributed by atoms with van der Waals surface area (Å²) in [5, 5.41) is 8.83. The van der Waals surface area contributed by atoms with Gasteiger partial charge in [-0.1, -0.05) is 25.3 Å². The van der Waals surface area contributed by atoms with Crippen LogP contribution in [0.5, 0.6) is 0 Å². The van der Waals surface area contributed by atoms with E-state index in [4.69, 9.17) is 5.26 Å². The third kappa shape index (κ3) is 3.54. The normalized spacial score (nSPS) is 17.8. The van der Waals surface area contributed by atoms with E-state index in [-0.39, 0.29) is 5.56 Å².